The lowest BCUT2D eigenvalue weighted by Gasteiger charge is -2.08. The van der Waals surface area contributed by atoms with E-state index in [9.17, 15) is 19.2 Å². The summed E-state index contributed by atoms with van der Waals surface area (Å²) in [5.41, 5.74) is 23.6. The van der Waals surface area contributed by atoms with Crippen molar-refractivity contribution in [3.63, 3.8) is 0 Å². The van der Waals surface area contributed by atoms with Crippen molar-refractivity contribution in [2.75, 3.05) is 57.9 Å². The van der Waals surface area contributed by atoms with Crippen LogP contribution in [0.1, 0.15) is 92.7 Å². The van der Waals surface area contributed by atoms with Crippen LogP contribution in [0, 0.1) is 26.7 Å². The fourth-order valence-electron chi connectivity index (χ4n) is 3.47. The van der Waals surface area contributed by atoms with Gasteiger partial charge in [-0.25, -0.2) is 9.97 Å². The number of thiocarbonyl (C=S) groups is 2. The van der Waals surface area contributed by atoms with Gasteiger partial charge < -0.3 is 57.3 Å². The highest BCUT2D eigenvalue weighted by molar-refractivity contribution is 7.80. The first-order valence-electron chi connectivity index (χ1n) is 19.3. The van der Waals surface area contributed by atoms with Gasteiger partial charge in [0.05, 0.1) is 66.1 Å². The molecule has 2 aromatic heterocycles. The van der Waals surface area contributed by atoms with Gasteiger partial charge in [0.1, 0.15) is 13.0 Å². The fourth-order valence-corrected chi connectivity index (χ4v) is 3.58. The molecule has 408 valence electrons. The van der Waals surface area contributed by atoms with Crippen molar-refractivity contribution >= 4 is 103 Å². The Morgan fingerprint density at radius 3 is 1.08 bits per heavy atom. The zero-order chi connectivity index (χ0) is 51.5. The molecule has 6 aromatic rings. The molecule has 1 amide bonds. The summed E-state index contributed by atoms with van der Waals surface area (Å²) in [4.78, 5) is 53.3. The minimum Gasteiger partial charge on any atom is -0.469 e. The largest absolute Gasteiger partial charge is 0.469 e. The second-order valence-electron chi connectivity index (χ2n) is 11.6. The Hall–Kier alpha value is -7.78. The number of aromatic nitrogens is 4. The first kappa shape index (κ1) is 87.3. The summed E-state index contributed by atoms with van der Waals surface area (Å²) in [5.74, 6) is 1.22. The number of fused-ring (bicyclic) bond motifs is 2. The Bertz CT molecular complexity index is 2150. The van der Waals surface area contributed by atoms with Gasteiger partial charge >= 0.3 is 17.9 Å². The number of hydrogen-bond donors (Lipinski definition) is 8. The summed E-state index contributed by atoms with van der Waals surface area (Å²) < 4.78 is 18.1. The maximum Gasteiger partial charge on any atom is 0.302 e. The predicted octanol–water partition coefficient (Wildman–Crippen LogP) is 11.5. The van der Waals surface area contributed by atoms with Gasteiger partial charge in [-0.1, -0.05) is 106 Å². The van der Waals surface area contributed by atoms with Crippen molar-refractivity contribution in [2.45, 2.75) is 93.5 Å². The number of carbonyl (C=O) groups excluding carboxylic acids is 4. The van der Waals surface area contributed by atoms with Gasteiger partial charge in [-0.2, -0.15) is 0 Å². The van der Waals surface area contributed by atoms with Gasteiger partial charge in [-0.05, 0) is 93.4 Å². The molecule has 11 N–H and O–H groups in total. The Labute approximate surface area is 446 Å². The Morgan fingerprint density at radius 1 is 0.611 bits per heavy atom. The molecule has 4 aromatic carbocycles. The molecule has 0 unspecified atom stereocenters. The van der Waals surface area contributed by atoms with Crippen molar-refractivity contribution in [3.05, 3.63) is 115 Å². The number of nitrogens with one attached hydrogen (secondary N) is 5. The molecule has 17 nitrogen and oxygen atoms in total. The third kappa shape index (κ3) is 53.2. The minimum absolute atomic E-state index is 0. The summed E-state index contributed by atoms with van der Waals surface area (Å²) in [7, 11) is 7.41. The molecular weight excluding hydrogens is 953 g/mol. The Kier molecular flexibility index (Phi) is 72.0. The van der Waals surface area contributed by atoms with Crippen LogP contribution < -0.4 is 33.2 Å². The summed E-state index contributed by atoms with van der Waals surface area (Å²) in [6, 6.07) is 30.7. The van der Waals surface area contributed by atoms with E-state index in [1.54, 1.807) is 26.2 Å². The van der Waals surface area contributed by atoms with Crippen LogP contribution in [-0.4, -0.2) is 89.3 Å². The van der Waals surface area contributed by atoms with Crippen LogP contribution in [-0.2, 0) is 33.4 Å². The summed E-state index contributed by atoms with van der Waals surface area (Å²) in [6.45, 7) is 12.5. The van der Waals surface area contributed by atoms with Gasteiger partial charge in [-0.3, -0.25) is 19.2 Å². The normalized spacial score (nSPS) is 7.56. The van der Waals surface area contributed by atoms with Crippen LogP contribution in [0.2, 0.25) is 0 Å². The Balaban J connectivity index is -0.0000000662. The lowest BCUT2D eigenvalue weighted by molar-refractivity contribution is -0.138. The number of hydrogen-bond acceptors (Lipinski definition) is 14. The monoisotopic (exact) mass is 1050 g/mol. The number of nitrogens with zero attached hydrogens (tertiary/aromatic N) is 2. The zero-order valence-corrected chi connectivity index (χ0v) is 40.5. The smallest absolute Gasteiger partial charge is 0.302 e. The molecule has 0 atom stereocenters. The highest BCUT2D eigenvalue weighted by Crippen LogP contribution is 2.16. The Morgan fingerprint density at radius 2 is 0.861 bits per heavy atom. The van der Waals surface area contributed by atoms with Crippen LogP contribution in [0.25, 0.3) is 22.1 Å². The average Bonchev–Trinajstić information content (AvgIpc) is 3.88. The van der Waals surface area contributed by atoms with Gasteiger partial charge in [0.25, 0.3) is 0 Å². The molecule has 0 aliphatic rings. The van der Waals surface area contributed by atoms with E-state index in [-0.39, 0.29) is 75.8 Å². The van der Waals surface area contributed by atoms with Crippen molar-refractivity contribution in [2.24, 2.45) is 0 Å². The van der Waals surface area contributed by atoms with E-state index in [2.05, 4.69) is 80.3 Å². The number of esters is 3. The molecule has 72 heavy (non-hydrogen) atoms. The minimum atomic E-state index is -0.245. The number of nitrogen functional groups attached to an aromatic ring is 3. The van der Waals surface area contributed by atoms with Gasteiger partial charge in [0, 0.05) is 41.8 Å². The second-order valence-corrected chi connectivity index (χ2v) is 12.3. The molecule has 19 heteroatoms. The molecule has 0 aliphatic heterocycles. The topological polar surface area (TPSA) is 267 Å². The van der Waals surface area contributed by atoms with Crippen LogP contribution in [0.4, 0.5) is 22.7 Å². The molecule has 0 bridgehead atoms. The number of anilines is 4. The molecule has 0 fully saturated rings. The summed E-state index contributed by atoms with van der Waals surface area (Å²) in [5, 5.41) is 10.8. The number of aryl methyl sites for hydroxylation is 2. The third-order valence-corrected chi connectivity index (χ3v) is 6.97. The maximum atomic E-state index is 9.70. The first-order valence-corrected chi connectivity index (χ1v) is 19.6. The van der Waals surface area contributed by atoms with Crippen LogP contribution in [0.3, 0.4) is 0 Å². The highest BCUT2D eigenvalue weighted by atomic mass is 32.1. The SMILES string of the molecule is C.C.C.C.C.C.C.C=C=S.CNC(=S)Nc1ccccc1N.CNC(C)=O.COC(C)=O.COC(C)=O.COC(C)=O.Cc1nc2ccccc2[nH]1.Cc1nc2ccccc2[nH]1.Nc1ccccc1N.[2H]C#C. The number of ether oxygens (including phenoxy) is 3. The number of benzene rings is 4. The van der Waals surface area contributed by atoms with Crippen LogP contribution in [0.15, 0.2) is 104 Å². The molecule has 0 aliphatic carbocycles. The lowest BCUT2D eigenvalue weighted by atomic mass is 10.3. The highest BCUT2D eigenvalue weighted by Gasteiger charge is 1.98. The van der Waals surface area contributed by atoms with E-state index in [0.717, 1.165) is 39.4 Å². The zero-order valence-electron chi connectivity index (χ0n) is 39.8. The standard InChI is InChI=1S/C8H11N3S.2C8H8N2.C6H8N2.C3H7NO.3C3H6O2.C2H2S.C2H2.7CH4/c1-10-8(12)11-7-5-3-2-4-6(7)9;2*1-6-9-7-4-2-3-5-8(7)10-6;7-5-3-1-2-4-6(5)8;1-3(5)4-2;3*1-3(4)5-2;1-2-3;1-2;;;;;;;/h2-5H,9H2,1H3,(H2,10,11,12);2*2-5H,1H3,(H,9,10);1-4H,7-8H2;1-2H3,(H,4,5);3*1-2H3;1H2;1-2H;7*1H4/i;;;;;;;;;1D;;;;;;;. The molecular formula is C53H92N10O7S2. The summed E-state index contributed by atoms with van der Waals surface area (Å²) >= 11 is 8.95. The van der Waals surface area contributed by atoms with Gasteiger partial charge in [0.15, 0.2) is 5.11 Å². The van der Waals surface area contributed by atoms with Crippen LogP contribution >= 0.6 is 24.4 Å². The maximum absolute atomic E-state index is 9.70. The molecule has 0 saturated carbocycles. The predicted molar refractivity (Wildman–Crippen MR) is 321 cm³/mol. The van der Waals surface area contributed by atoms with Crippen molar-refractivity contribution < 1.29 is 34.8 Å². The van der Waals surface area contributed by atoms with Crippen molar-refractivity contribution in [3.8, 4) is 12.8 Å². The number of nitrogens with two attached hydrogens (primary N) is 3. The van der Waals surface area contributed by atoms with Crippen molar-refractivity contribution in [1.82, 2.24) is 30.6 Å². The number of imidazole rings is 2. The van der Waals surface area contributed by atoms with E-state index >= 15 is 0 Å². The number of para-hydroxylation sites is 8. The first-order chi connectivity index (χ1) is 31.2. The van der Waals surface area contributed by atoms with E-state index in [1.165, 1.54) is 55.4 Å². The van der Waals surface area contributed by atoms with Gasteiger partial charge in [-0.15, -0.1) is 12.8 Å². The van der Waals surface area contributed by atoms with Crippen molar-refractivity contribution in [1.29, 1.82) is 0 Å². The lowest BCUT2D eigenvalue weighted by Crippen LogP contribution is -2.24. The van der Waals surface area contributed by atoms with E-state index in [1.807, 2.05) is 98.8 Å². The number of terminal acetylenes is 1. The average molecular weight is 1050 g/mol. The molecule has 0 spiro atoms. The number of amides is 1. The molecule has 0 radical (unpaired) electrons. The second kappa shape index (κ2) is 59.3. The molecule has 2 heterocycles. The van der Waals surface area contributed by atoms with E-state index in [0.29, 0.717) is 22.2 Å². The summed E-state index contributed by atoms with van der Waals surface area (Å²) in [6.07, 6.45) is 5.76. The number of H-pyrrole nitrogens is 2. The number of rotatable bonds is 1. The number of methoxy groups -OCH3 is 3. The fraction of sp³-hybridized carbons (Fsp3) is 0.340. The molecule has 0 saturated heterocycles. The van der Waals surface area contributed by atoms with Crippen LogP contribution in [0.5, 0.6) is 0 Å². The number of aromatic amines is 2. The van der Waals surface area contributed by atoms with Gasteiger partial charge in [0.2, 0.25) is 5.91 Å². The third-order valence-electron chi connectivity index (χ3n) is 6.66. The quantitative estimate of drug-likeness (QED) is 0.0250. The van der Waals surface area contributed by atoms with E-state index in [4.69, 9.17) is 30.8 Å². The molecule has 6 rings (SSSR count). The number of carbonyl (C=O) groups is 4. The van der Waals surface area contributed by atoms with E-state index < -0.39 is 0 Å².